The molecule has 0 amide bonds. The standard InChI is InChI=1S/C21H23N3O2/c1-2-25-19-12-8-17(9-13-19)21-22-20(23-26-21)16-6-10-18(11-7-16)24-14-4-3-5-15-24/h6-13H,2-5,14-15H2,1H3. The van der Waals surface area contributed by atoms with E-state index in [1.165, 1.54) is 24.9 Å². The minimum Gasteiger partial charge on any atom is -0.494 e. The number of nitrogens with zero attached hydrogens (tertiary/aromatic N) is 3. The maximum absolute atomic E-state index is 5.46. The molecule has 5 nitrogen and oxygen atoms in total. The lowest BCUT2D eigenvalue weighted by Crippen LogP contribution is -2.29. The molecule has 0 unspecified atom stereocenters. The van der Waals surface area contributed by atoms with E-state index in [0.717, 1.165) is 30.0 Å². The van der Waals surface area contributed by atoms with E-state index in [1.54, 1.807) is 0 Å². The molecule has 1 fully saturated rings. The van der Waals surface area contributed by atoms with Crippen molar-refractivity contribution in [2.24, 2.45) is 0 Å². The van der Waals surface area contributed by atoms with Crippen molar-refractivity contribution in [3.8, 4) is 28.6 Å². The summed E-state index contributed by atoms with van der Waals surface area (Å²) in [6.45, 7) is 4.90. The Morgan fingerprint density at radius 1 is 0.923 bits per heavy atom. The summed E-state index contributed by atoms with van der Waals surface area (Å²) >= 11 is 0. The van der Waals surface area contributed by atoms with Gasteiger partial charge in [0.1, 0.15) is 5.75 Å². The zero-order valence-corrected chi connectivity index (χ0v) is 15.0. The highest BCUT2D eigenvalue weighted by molar-refractivity contribution is 5.63. The first-order valence-corrected chi connectivity index (χ1v) is 9.26. The molecule has 0 spiro atoms. The molecule has 4 rings (SSSR count). The molecule has 0 N–H and O–H groups in total. The third kappa shape index (κ3) is 3.57. The van der Waals surface area contributed by atoms with Crippen molar-refractivity contribution in [2.75, 3.05) is 24.6 Å². The minimum absolute atomic E-state index is 0.517. The summed E-state index contributed by atoms with van der Waals surface area (Å²) in [6, 6.07) is 16.1. The molecule has 2 aromatic carbocycles. The molecule has 134 valence electrons. The fourth-order valence-corrected chi connectivity index (χ4v) is 3.29. The van der Waals surface area contributed by atoms with Gasteiger partial charge in [0.2, 0.25) is 5.82 Å². The Labute approximate surface area is 153 Å². The van der Waals surface area contributed by atoms with Crippen molar-refractivity contribution in [3.05, 3.63) is 48.5 Å². The third-order valence-corrected chi connectivity index (χ3v) is 4.69. The van der Waals surface area contributed by atoms with Gasteiger partial charge < -0.3 is 14.2 Å². The Morgan fingerprint density at radius 3 is 2.31 bits per heavy atom. The van der Waals surface area contributed by atoms with Crippen LogP contribution >= 0.6 is 0 Å². The molecule has 2 heterocycles. The summed E-state index contributed by atoms with van der Waals surface area (Å²) in [6.07, 6.45) is 3.89. The van der Waals surface area contributed by atoms with E-state index < -0.39 is 0 Å². The van der Waals surface area contributed by atoms with Crippen LogP contribution in [0.1, 0.15) is 26.2 Å². The molecule has 26 heavy (non-hydrogen) atoms. The number of ether oxygens (including phenoxy) is 1. The van der Waals surface area contributed by atoms with Crippen molar-refractivity contribution in [2.45, 2.75) is 26.2 Å². The van der Waals surface area contributed by atoms with Gasteiger partial charge in [0.25, 0.3) is 5.89 Å². The second-order valence-corrected chi connectivity index (χ2v) is 6.48. The van der Waals surface area contributed by atoms with Gasteiger partial charge in [0.15, 0.2) is 0 Å². The number of benzene rings is 2. The largest absolute Gasteiger partial charge is 0.494 e. The zero-order valence-electron chi connectivity index (χ0n) is 15.0. The maximum atomic E-state index is 5.46. The van der Waals surface area contributed by atoms with Crippen LogP contribution < -0.4 is 9.64 Å². The Bertz CT molecular complexity index is 834. The summed E-state index contributed by atoms with van der Waals surface area (Å²) < 4.78 is 10.9. The van der Waals surface area contributed by atoms with Crippen LogP contribution in [0, 0.1) is 0 Å². The first-order chi connectivity index (χ1) is 12.8. The average molecular weight is 349 g/mol. The van der Waals surface area contributed by atoms with Crippen LogP contribution in [0.5, 0.6) is 5.75 Å². The molecule has 0 atom stereocenters. The van der Waals surface area contributed by atoms with Gasteiger partial charge in [-0.15, -0.1) is 0 Å². The summed E-state index contributed by atoms with van der Waals surface area (Å²) in [5.41, 5.74) is 3.12. The van der Waals surface area contributed by atoms with E-state index in [2.05, 4.69) is 39.3 Å². The van der Waals surface area contributed by atoms with Crippen LogP contribution in [-0.4, -0.2) is 29.8 Å². The second-order valence-electron chi connectivity index (χ2n) is 6.48. The molecule has 0 aliphatic carbocycles. The molecule has 3 aromatic rings. The minimum atomic E-state index is 0.517. The number of anilines is 1. The Balaban J connectivity index is 1.50. The molecule has 0 saturated carbocycles. The van der Waals surface area contributed by atoms with Gasteiger partial charge in [-0.25, -0.2) is 0 Å². The van der Waals surface area contributed by atoms with Crippen molar-refractivity contribution in [3.63, 3.8) is 0 Å². The summed E-state index contributed by atoms with van der Waals surface area (Å²) in [5.74, 6) is 1.96. The summed E-state index contributed by atoms with van der Waals surface area (Å²) in [4.78, 5) is 6.98. The number of rotatable bonds is 5. The molecule has 1 aliphatic heterocycles. The van der Waals surface area contributed by atoms with Crippen molar-refractivity contribution in [1.29, 1.82) is 0 Å². The van der Waals surface area contributed by atoms with Gasteiger partial charge in [-0.3, -0.25) is 0 Å². The van der Waals surface area contributed by atoms with Gasteiger partial charge in [-0.05, 0) is 74.7 Å². The summed E-state index contributed by atoms with van der Waals surface area (Å²) in [5, 5.41) is 4.13. The lowest BCUT2D eigenvalue weighted by molar-refractivity contribution is 0.340. The van der Waals surface area contributed by atoms with Gasteiger partial charge >= 0.3 is 0 Å². The van der Waals surface area contributed by atoms with E-state index in [0.29, 0.717) is 18.3 Å². The number of aromatic nitrogens is 2. The van der Waals surface area contributed by atoms with Crippen molar-refractivity contribution >= 4 is 5.69 Å². The lowest BCUT2D eigenvalue weighted by Gasteiger charge is -2.28. The van der Waals surface area contributed by atoms with Crippen molar-refractivity contribution in [1.82, 2.24) is 10.1 Å². The molecule has 1 aliphatic rings. The number of piperidine rings is 1. The Hall–Kier alpha value is -2.82. The quantitative estimate of drug-likeness (QED) is 0.663. The molecule has 5 heteroatoms. The van der Waals surface area contributed by atoms with Gasteiger partial charge in [0, 0.05) is 29.9 Å². The van der Waals surface area contributed by atoms with Crippen LogP contribution in [-0.2, 0) is 0 Å². The molecular formula is C21H23N3O2. The highest BCUT2D eigenvalue weighted by atomic mass is 16.5. The number of hydrogen-bond acceptors (Lipinski definition) is 5. The normalized spacial score (nSPS) is 14.4. The second kappa shape index (κ2) is 7.60. The predicted molar refractivity (Wildman–Crippen MR) is 102 cm³/mol. The highest BCUT2D eigenvalue weighted by Gasteiger charge is 2.13. The average Bonchev–Trinajstić information content (AvgIpc) is 3.20. The van der Waals surface area contributed by atoms with Crippen LogP contribution in [0.3, 0.4) is 0 Å². The lowest BCUT2D eigenvalue weighted by atomic mass is 10.1. The molecular weight excluding hydrogens is 326 g/mol. The van der Waals surface area contributed by atoms with Gasteiger partial charge in [-0.2, -0.15) is 4.98 Å². The van der Waals surface area contributed by atoms with Gasteiger partial charge in [0.05, 0.1) is 6.61 Å². The van der Waals surface area contributed by atoms with Crippen LogP contribution in [0.25, 0.3) is 22.8 Å². The smallest absolute Gasteiger partial charge is 0.258 e. The van der Waals surface area contributed by atoms with Crippen molar-refractivity contribution < 1.29 is 9.26 Å². The SMILES string of the molecule is CCOc1ccc(-c2nc(-c3ccc(N4CCCCC4)cc3)no2)cc1. The molecule has 0 bridgehead atoms. The Kier molecular flexibility index (Phi) is 4.86. The zero-order chi connectivity index (χ0) is 17.8. The maximum Gasteiger partial charge on any atom is 0.258 e. The highest BCUT2D eigenvalue weighted by Crippen LogP contribution is 2.26. The monoisotopic (exact) mass is 349 g/mol. The first kappa shape index (κ1) is 16.6. The van der Waals surface area contributed by atoms with E-state index in [9.17, 15) is 0 Å². The fraction of sp³-hybridized carbons (Fsp3) is 0.333. The predicted octanol–water partition coefficient (Wildman–Crippen LogP) is 4.79. The van der Waals surface area contributed by atoms with Crippen LogP contribution in [0.15, 0.2) is 53.1 Å². The van der Waals surface area contributed by atoms with Crippen LogP contribution in [0.4, 0.5) is 5.69 Å². The molecule has 1 saturated heterocycles. The molecule has 0 radical (unpaired) electrons. The Morgan fingerprint density at radius 2 is 1.62 bits per heavy atom. The number of hydrogen-bond donors (Lipinski definition) is 0. The molecule has 1 aromatic heterocycles. The fourth-order valence-electron chi connectivity index (χ4n) is 3.29. The van der Waals surface area contributed by atoms with E-state index in [-0.39, 0.29) is 0 Å². The van der Waals surface area contributed by atoms with E-state index in [4.69, 9.17) is 9.26 Å². The van der Waals surface area contributed by atoms with E-state index in [1.807, 2.05) is 31.2 Å². The first-order valence-electron chi connectivity index (χ1n) is 9.26. The third-order valence-electron chi connectivity index (χ3n) is 4.69. The topological polar surface area (TPSA) is 51.4 Å². The van der Waals surface area contributed by atoms with Crippen LogP contribution in [0.2, 0.25) is 0 Å². The van der Waals surface area contributed by atoms with E-state index >= 15 is 0 Å². The summed E-state index contributed by atoms with van der Waals surface area (Å²) in [7, 11) is 0. The van der Waals surface area contributed by atoms with Gasteiger partial charge in [-0.1, -0.05) is 5.16 Å².